The van der Waals surface area contributed by atoms with Crippen LogP contribution in [0.3, 0.4) is 0 Å². The van der Waals surface area contributed by atoms with Crippen molar-refractivity contribution in [1.29, 1.82) is 0 Å². The number of hydrogen-bond acceptors (Lipinski definition) is 3. The molecule has 0 spiro atoms. The molecule has 2 heterocycles. The van der Waals surface area contributed by atoms with Gasteiger partial charge in [-0.3, -0.25) is 9.69 Å². The van der Waals surface area contributed by atoms with Gasteiger partial charge in [0.25, 0.3) is 0 Å². The highest BCUT2D eigenvalue weighted by atomic mass is 16.4. The van der Waals surface area contributed by atoms with Crippen LogP contribution in [0.5, 0.6) is 0 Å². The topological polar surface area (TPSA) is 58.4 Å². The number of aliphatic carboxylic acids is 1. The standard InChI is InChI=1S/C21H21N3O2/c25-21(26)20-11-19-18(14-23(20)12-16-7-3-1-4-8-16)22-15-24(19)13-17-9-5-2-6-10-17/h1-10,15,20H,11-14H2,(H,25,26). The third-order valence-corrected chi connectivity index (χ3v) is 4.92. The summed E-state index contributed by atoms with van der Waals surface area (Å²) >= 11 is 0. The Morgan fingerprint density at radius 1 is 1.00 bits per heavy atom. The molecule has 5 nitrogen and oxygen atoms in total. The molecule has 2 aromatic carbocycles. The number of nitrogens with zero attached hydrogens (tertiary/aromatic N) is 3. The summed E-state index contributed by atoms with van der Waals surface area (Å²) in [5.41, 5.74) is 4.32. The Labute approximate surface area is 152 Å². The maximum Gasteiger partial charge on any atom is 0.321 e. The van der Waals surface area contributed by atoms with Crippen molar-refractivity contribution in [2.24, 2.45) is 0 Å². The SMILES string of the molecule is O=C(O)C1Cc2c(ncn2Cc2ccccc2)CN1Cc1ccccc1. The van der Waals surface area contributed by atoms with Crippen molar-refractivity contribution in [2.75, 3.05) is 0 Å². The first kappa shape index (κ1) is 16.5. The van der Waals surface area contributed by atoms with Crippen LogP contribution in [-0.2, 0) is 30.8 Å². The zero-order chi connectivity index (χ0) is 17.9. The van der Waals surface area contributed by atoms with E-state index in [1.165, 1.54) is 5.56 Å². The molecule has 132 valence electrons. The van der Waals surface area contributed by atoms with Gasteiger partial charge in [-0.1, -0.05) is 60.7 Å². The van der Waals surface area contributed by atoms with E-state index in [0.717, 1.165) is 17.0 Å². The summed E-state index contributed by atoms with van der Waals surface area (Å²) in [5.74, 6) is -0.779. The van der Waals surface area contributed by atoms with Crippen LogP contribution in [0, 0.1) is 0 Å². The molecule has 5 heteroatoms. The molecule has 4 rings (SSSR count). The lowest BCUT2D eigenvalue weighted by Crippen LogP contribution is -2.45. The first-order valence-electron chi connectivity index (χ1n) is 8.78. The van der Waals surface area contributed by atoms with E-state index < -0.39 is 12.0 Å². The summed E-state index contributed by atoms with van der Waals surface area (Å²) in [6, 6.07) is 19.6. The van der Waals surface area contributed by atoms with Gasteiger partial charge >= 0.3 is 5.97 Å². The van der Waals surface area contributed by atoms with Crippen molar-refractivity contribution in [3.05, 3.63) is 89.5 Å². The lowest BCUT2D eigenvalue weighted by atomic mass is 10.0. The smallest absolute Gasteiger partial charge is 0.321 e. The summed E-state index contributed by atoms with van der Waals surface area (Å²) in [4.78, 5) is 18.5. The Bertz CT molecular complexity index is 890. The molecule has 1 unspecified atom stereocenters. The van der Waals surface area contributed by atoms with Crippen LogP contribution in [-0.4, -0.2) is 31.6 Å². The van der Waals surface area contributed by atoms with Gasteiger partial charge in [0.05, 0.1) is 12.0 Å². The van der Waals surface area contributed by atoms with Crippen molar-refractivity contribution in [1.82, 2.24) is 14.5 Å². The van der Waals surface area contributed by atoms with Crippen molar-refractivity contribution < 1.29 is 9.90 Å². The summed E-state index contributed by atoms with van der Waals surface area (Å²) in [6.45, 7) is 1.89. The molecule has 1 aromatic heterocycles. The van der Waals surface area contributed by atoms with Gasteiger partial charge in [-0.25, -0.2) is 4.98 Å². The Hall–Kier alpha value is -2.92. The molecular weight excluding hydrogens is 326 g/mol. The first-order chi connectivity index (χ1) is 12.7. The van der Waals surface area contributed by atoms with E-state index in [0.29, 0.717) is 26.1 Å². The Morgan fingerprint density at radius 2 is 1.62 bits per heavy atom. The molecular formula is C21H21N3O2. The molecule has 0 fully saturated rings. The van der Waals surface area contributed by atoms with Crippen LogP contribution < -0.4 is 0 Å². The molecule has 0 aliphatic carbocycles. The molecule has 3 aromatic rings. The lowest BCUT2D eigenvalue weighted by Gasteiger charge is -2.33. The fourth-order valence-corrected chi connectivity index (χ4v) is 3.58. The number of carboxylic acids is 1. The second kappa shape index (κ2) is 7.14. The predicted molar refractivity (Wildman–Crippen MR) is 98.6 cm³/mol. The monoisotopic (exact) mass is 347 g/mol. The van der Waals surface area contributed by atoms with E-state index >= 15 is 0 Å². The largest absolute Gasteiger partial charge is 0.480 e. The van der Waals surface area contributed by atoms with Crippen LogP contribution in [0.2, 0.25) is 0 Å². The fraction of sp³-hybridized carbons (Fsp3) is 0.238. The first-order valence-corrected chi connectivity index (χ1v) is 8.78. The molecule has 1 aliphatic heterocycles. The number of hydrogen-bond donors (Lipinski definition) is 1. The fourth-order valence-electron chi connectivity index (χ4n) is 3.58. The molecule has 0 radical (unpaired) electrons. The van der Waals surface area contributed by atoms with Gasteiger partial charge in [-0.05, 0) is 11.1 Å². The van der Waals surface area contributed by atoms with Crippen molar-refractivity contribution >= 4 is 5.97 Å². The Morgan fingerprint density at radius 3 is 2.23 bits per heavy atom. The number of carbonyl (C=O) groups is 1. The van der Waals surface area contributed by atoms with E-state index in [1.807, 2.05) is 59.8 Å². The van der Waals surface area contributed by atoms with Crippen LogP contribution in [0.1, 0.15) is 22.5 Å². The maximum atomic E-state index is 11.9. The Kier molecular flexibility index (Phi) is 4.54. The summed E-state index contributed by atoms with van der Waals surface area (Å²) in [6.07, 6.45) is 2.31. The minimum absolute atomic E-state index is 0.477. The van der Waals surface area contributed by atoms with Crippen molar-refractivity contribution in [3.63, 3.8) is 0 Å². The molecule has 0 saturated heterocycles. The molecule has 1 N–H and O–H groups in total. The number of imidazole rings is 1. The summed E-state index contributed by atoms with van der Waals surface area (Å²) in [5, 5.41) is 9.76. The van der Waals surface area contributed by atoms with Gasteiger partial charge in [0, 0.05) is 31.7 Å². The number of aromatic nitrogens is 2. The number of benzene rings is 2. The third-order valence-electron chi connectivity index (χ3n) is 4.92. The molecule has 0 amide bonds. The lowest BCUT2D eigenvalue weighted by molar-refractivity contribution is -0.144. The van der Waals surface area contributed by atoms with Crippen LogP contribution in [0.4, 0.5) is 0 Å². The van der Waals surface area contributed by atoms with Gasteiger partial charge in [0.15, 0.2) is 0 Å². The van der Waals surface area contributed by atoms with E-state index in [9.17, 15) is 9.90 Å². The van der Waals surface area contributed by atoms with Gasteiger partial charge < -0.3 is 9.67 Å². The number of carboxylic acid groups (broad SMARTS) is 1. The Balaban J connectivity index is 1.59. The van der Waals surface area contributed by atoms with Crippen LogP contribution in [0.15, 0.2) is 67.0 Å². The highest BCUT2D eigenvalue weighted by Crippen LogP contribution is 2.25. The molecule has 26 heavy (non-hydrogen) atoms. The summed E-state index contributed by atoms with van der Waals surface area (Å²) < 4.78 is 2.08. The van der Waals surface area contributed by atoms with E-state index in [-0.39, 0.29) is 0 Å². The average Bonchev–Trinajstić information content (AvgIpc) is 3.04. The zero-order valence-corrected chi connectivity index (χ0v) is 14.5. The molecule has 1 atom stereocenters. The van der Waals surface area contributed by atoms with Gasteiger partial charge in [-0.2, -0.15) is 0 Å². The molecule has 0 saturated carbocycles. The quantitative estimate of drug-likeness (QED) is 0.771. The van der Waals surface area contributed by atoms with Gasteiger partial charge in [0.1, 0.15) is 6.04 Å². The maximum absolute atomic E-state index is 11.9. The highest BCUT2D eigenvalue weighted by Gasteiger charge is 2.34. The molecule has 1 aliphatic rings. The highest BCUT2D eigenvalue weighted by molar-refractivity contribution is 5.74. The van der Waals surface area contributed by atoms with Crippen molar-refractivity contribution in [3.8, 4) is 0 Å². The minimum Gasteiger partial charge on any atom is -0.480 e. The van der Waals surface area contributed by atoms with Gasteiger partial charge in [0.2, 0.25) is 0 Å². The average molecular weight is 347 g/mol. The summed E-state index contributed by atoms with van der Waals surface area (Å²) in [7, 11) is 0. The van der Waals surface area contributed by atoms with E-state index in [1.54, 1.807) is 0 Å². The number of fused-ring (bicyclic) bond motifs is 1. The van der Waals surface area contributed by atoms with E-state index in [2.05, 4.69) is 21.7 Å². The van der Waals surface area contributed by atoms with E-state index in [4.69, 9.17) is 0 Å². The van der Waals surface area contributed by atoms with Crippen LogP contribution in [0.25, 0.3) is 0 Å². The van der Waals surface area contributed by atoms with Crippen LogP contribution >= 0.6 is 0 Å². The zero-order valence-electron chi connectivity index (χ0n) is 14.5. The normalized spacial score (nSPS) is 17.0. The minimum atomic E-state index is -0.779. The second-order valence-electron chi connectivity index (χ2n) is 6.70. The second-order valence-corrected chi connectivity index (χ2v) is 6.70. The third kappa shape index (κ3) is 3.39. The van der Waals surface area contributed by atoms with Gasteiger partial charge in [-0.15, -0.1) is 0 Å². The number of rotatable bonds is 5. The van der Waals surface area contributed by atoms with Crippen molar-refractivity contribution in [2.45, 2.75) is 32.1 Å². The molecule has 0 bridgehead atoms. The predicted octanol–water partition coefficient (Wildman–Crippen LogP) is 2.94.